The summed E-state index contributed by atoms with van der Waals surface area (Å²) in [5.41, 5.74) is 4.16. The highest BCUT2D eigenvalue weighted by Crippen LogP contribution is 2.55. The molecule has 2 saturated heterocycles. The van der Waals surface area contributed by atoms with Crippen LogP contribution in [0.25, 0.3) is 11.1 Å². The maximum atomic E-state index is 17.0. The highest BCUT2D eigenvalue weighted by atomic mass is 35.5. The van der Waals surface area contributed by atoms with E-state index in [0.717, 1.165) is 6.07 Å². The number of fused-ring (bicyclic) bond motifs is 4. The van der Waals surface area contributed by atoms with E-state index in [1.165, 1.54) is 6.07 Å². The zero-order chi connectivity index (χ0) is 33.4. The molecule has 12 heteroatoms. The first-order valence-corrected chi connectivity index (χ1v) is 16.1. The molecule has 0 unspecified atom stereocenters. The van der Waals surface area contributed by atoms with E-state index in [9.17, 15) is 14.0 Å². The first-order valence-electron chi connectivity index (χ1n) is 15.7. The summed E-state index contributed by atoms with van der Waals surface area (Å²) in [6.45, 7) is 5.82. The van der Waals surface area contributed by atoms with Gasteiger partial charge >= 0.3 is 6.09 Å². The van der Waals surface area contributed by atoms with Gasteiger partial charge in [0.2, 0.25) is 5.91 Å². The van der Waals surface area contributed by atoms with Crippen LogP contribution in [-0.2, 0) is 16.8 Å². The van der Waals surface area contributed by atoms with Gasteiger partial charge in [-0.3, -0.25) is 4.79 Å². The topological polar surface area (TPSA) is 94.3 Å². The Kier molecular flexibility index (Phi) is 7.53. The van der Waals surface area contributed by atoms with Crippen LogP contribution in [0.1, 0.15) is 61.5 Å². The maximum absolute atomic E-state index is 17.0. The summed E-state index contributed by atoms with van der Waals surface area (Å²) >= 11 is 6.69. The molecule has 0 saturated carbocycles. The van der Waals surface area contributed by atoms with E-state index in [-0.39, 0.29) is 59.9 Å². The molecule has 2 amide bonds. The second kappa shape index (κ2) is 11.2. The second-order valence-electron chi connectivity index (χ2n) is 13.7. The van der Waals surface area contributed by atoms with E-state index in [0.29, 0.717) is 30.5 Å². The molecule has 4 aliphatic heterocycles. The van der Waals surface area contributed by atoms with Gasteiger partial charge in [-0.25, -0.2) is 18.0 Å². The molecule has 0 spiro atoms. The number of alkyl halides is 1. The van der Waals surface area contributed by atoms with Gasteiger partial charge < -0.3 is 29.7 Å². The number of hydrogen-bond acceptors (Lipinski definition) is 6. The fraction of sp³-hybridized carbons (Fsp3) is 0.429. The number of nitrogens with zero attached hydrogens (tertiary/aromatic N) is 2. The summed E-state index contributed by atoms with van der Waals surface area (Å²) in [4.78, 5) is 29.6. The third-order valence-electron chi connectivity index (χ3n) is 9.50. The average molecular weight is 670 g/mol. The average Bonchev–Trinajstić information content (AvgIpc) is 3.74. The largest absolute Gasteiger partial charge is 0.489 e. The Morgan fingerprint density at radius 2 is 1.85 bits per heavy atom. The van der Waals surface area contributed by atoms with Gasteiger partial charge in [0.15, 0.2) is 11.4 Å². The van der Waals surface area contributed by atoms with E-state index in [2.05, 4.69) is 0 Å². The molecule has 4 aliphatic rings. The van der Waals surface area contributed by atoms with Gasteiger partial charge in [0, 0.05) is 48.7 Å². The van der Waals surface area contributed by atoms with Crippen LogP contribution in [0.5, 0.6) is 11.5 Å². The van der Waals surface area contributed by atoms with Gasteiger partial charge in [-0.1, -0.05) is 41.9 Å². The van der Waals surface area contributed by atoms with Gasteiger partial charge in [-0.15, -0.1) is 0 Å². The Hall–Kier alpha value is -4.12. The van der Waals surface area contributed by atoms with Crippen LogP contribution in [0.3, 0.4) is 0 Å². The summed E-state index contributed by atoms with van der Waals surface area (Å²) in [6, 6.07) is 10.7. The number of nitrogens with two attached hydrogens (primary N) is 1. The Balaban J connectivity index is 1.42. The third-order valence-corrected chi connectivity index (χ3v) is 9.87. The quantitative estimate of drug-likeness (QED) is 0.324. The van der Waals surface area contributed by atoms with Crippen LogP contribution >= 0.6 is 11.6 Å². The molecule has 0 aromatic heterocycles. The maximum Gasteiger partial charge on any atom is 0.410 e. The molecule has 3 aromatic rings. The van der Waals surface area contributed by atoms with Crippen molar-refractivity contribution in [2.24, 2.45) is 5.73 Å². The van der Waals surface area contributed by atoms with Crippen LogP contribution in [0.4, 0.5) is 23.7 Å². The fourth-order valence-corrected chi connectivity index (χ4v) is 7.89. The van der Waals surface area contributed by atoms with Crippen LogP contribution in [0, 0.1) is 11.6 Å². The zero-order valence-corrected chi connectivity index (χ0v) is 27.0. The highest BCUT2D eigenvalue weighted by Gasteiger charge is 2.54. The van der Waals surface area contributed by atoms with Crippen molar-refractivity contribution in [2.45, 2.75) is 75.9 Å². The second-order valence-corrected chi connectivity index (χ2v) is 14.0. The Bertz CT molecular complexity index is 1780. The Morgan fingerprint density at radius 1 is 1.11 bits per heavy atom. The van der Waals surface area contributed by atoms with Crippen molar-refractivity contribution in [1.29, 1.82) is 0 Å². The van der Waals surface area contributed by atoms with E-state index in [4.69, 9.17) is 31.5 Å². The van der Waals surface area contributed by atoms with Crippen LogP contribution in [-0.4, -0.2) is 60.5 Å². The Labute approximate surface area is 275 Å². The number of anilines is 1. The summed E-state index contributed by atoms with van der Waals surface area (Å²) in [5, 5.41) is -0.425. The molecule has 4 atom stereocenters. The number of carbonyl (C=O) groups excluding carboxylic acids is 2. The minimum Gasteiger partial charge on any atom is -0.489 e. The highest BCUT2D eigenvalue weighted by molar-refractivity contribution is 6.34. The molecule has 0 bridgehead atoms. The molecule has 3 aromatic carbocycles. The minimum atomic E-state index is -1.24. The number of primary amides is 1. The summed E-state index contributed by atoms with van der Waals surface area (Å²) in [7, 11) is 0. The minimum absolute atomic E-state index is 0.0318. The number of amides is 2. The number of benzene rings is 3. The standard InChI is InChI=1S/C35H35ClF3N3O5/c1-34(2,3)47-33(44)41-11-7-10-26(41)35(18-8-5-4-6-9-18)15-22-24(46-35)14-23(38)29(36)27(22)28-21(32(40)43)13-25-31(30(28)39)42-16-19(37)12-20(42)17-45-25/h4-6,8-9,13-14,19-20,26H,7,10-12,15-17H2,1-3H3,(H2,40,43)/t19-,20-,26-,35-/m0/s1. The molecule has 4 heterocycles. The predicted molar refractivity (Wildman–Crippen MR) is 170 cm³/mol. The fourth-order valence-electron chi connectivity index (χ4n) is 7.62. The summed E-state index contributed by atoms with van der Waals surface area (Å²) < 4.78 is 65.6. The summed E-state index contributed by atoms with van der Waals surface area (Å²) in [5.74, 6) is -2.66. The number of likely N-dealkylation sites (tertiary alicyclic amines) is 1. The Morgan fingerprint density at radius 3 is 2.55 bits per heavy atom. The van der Waals surface area contributed by atoms with E-state index >= 15 is 8.78 Å². The van der Waals surface area contributed by atoms with E-state index in [1.54, 1.807) is 30.6 Å². The molecule has 248 valence electrons. The van der Waals surface area contributed by atoms with Crippen molar-refractivity contribution < 1.29 is 37.0 Å². The van der Waals surface area contributed by atoms with Gasteiger partial charge in [-0.2, -0.15) is 0 Å². The van der Waals surface area contributed by atoms with Crippen molar-refractivity contribution >= 4 is 29.3 Å². The number of ether oxygens (including phenoxy) is 3. The molecular weight excluding hydrogens is 635 g/mol. The molecule has 7 rings (SSSR count). The molecule has 8 nitrogen and oxygen atoms in total. The first kappa shape index (κ1) is 31.5. The van der Waals surface area contributed by atoms with Crippen molar-refractivity contribution in [3.63, 3.8) is 0 Å². The van der Waals surface area contributed by atoms with Crippen LogP contribution < -0.4 is 20.1 Å². The lowest BCUT2D eigenvalue weighted by molar-refractivity contribution is -0.0216. The van der Waals surface area contributed by atoms with Gasteiger partial charge in [0.25, 0.3) is 0 Å². The first-order chi connectivity index (χ1) is 22.3. The molecule has 2 N–H and O–H groups in total. The lowest BCUT2D eigenvalue weighted by Crippen LogP contribution is -2.53. The number of rotatable bonds is 4. The van der Waals surface area contributed by atoms with Crippen LogP contribution in [0.15, 0.2) is 42.5 Å². The molecule has 2 fully saturated rings. The van der Waals surface area contributed by atoms with Crippen molar-refractivity contribution in [3.05, 3.63) is 75.8 Å². The normalized spacial score (nSPS) is 24.7. The summed E-state index contributed by atoms with van der Waals surface area (Å²) in [6.07, 6.45) is -0.290. The lowest BCUT2D eigenvalue weighted by atomic mass is 9.79. The zero-order valence-electron chi connectivity index (χ0n) is 26.2. The van der Waals surface area contributed by atoms with Crippen LogP contribution in [0.2, 0.25) is 5.02 Å². The van der Waals surface area contributed by atoms with E-state index < -0.39 is 58.1 Å². The lowest BCUT2D eigenvalue weighted by Gasteiger charge is -2.40. The molecular formula is C35H35ClF3N3O5. The predicted octanol–water partition coefficient (Wildman–Crippen LogP) is 6.92. The monoisotopic (exact) mass is 669 g/mol. The SMILES string of the molecule is CC(C)(C)OC(=O)N1CCC[C@H]1[C@@]1(c2ccccc2)Cc2c(cc(F)c(Cl)c2-c2c(C(N)=O)cc3c(c2F)N2C[C@@H](F)C[C@H]2CO3)O1. The van der Waals surface area contributed by atoms with Crippen molar-refractivity contribution in [1.82, 2.24) is 4.90 Å². The van der Waals surface area contributed by atoms with Gasteiger partial charge in [0.1, 0.15) is 41.4 Å². The number of hydrogen-bond donors (Lipinski definition) is 1. The third kappa shape index (κ3) is 5.14. The number of carbonyl (C=O) groups is 2. The van der Waals surface area contributed by atoms with E-state index in [1.807, 2.05) is 30.3 Å². The van der Waals surface area contributed by atoms with Crippen molar-refractivity contribution in [2.75, 3.05) is 24.6 Å². The molecule has 0 radical (unpaired) electrons. The van der Waals surface area contributed by atoms with Gasteiger partial charge in [-0.05, 0) is 45.2 Å². The molecule has 47 heavy (non-hydrogen) atoms. The van der Waals surface area contributed by atoms with Crippen molar-refractivity contribution in [3.8, 4) is 22.6 Å². The smallest absolute Gasteiger partial charge is 0.410 e. The number of halogens is 4. The van der Waals surface area contributed by atoms with Gasteiger partial charge in [0.05, 0.1) is 22.7 Å². The molecule has 0 aliphatic carbocycles.